The zero-order chi connectivity index (χ0) is 12.2. The summed E-state index contributed by atoms with van der Waals surface area (Å²) < 4.78 is 5.39. The SMILES string of the molecule is CSC=C1CCCCN1C(=O)OC(C)(C)C. The van der Waals surface area contributed by atoms with E-state index >= 15 is 0 Å². The molecule has 1 aliphatic heterocycles. The molecule has 0 aromatic heterocycles. The summed E-state index contributed by atoms with van der Waals surface area (Å²) in [5.74, 6) is 0. The Bertz CT molecular complexity index is 281. The van der Waals surface area contributed by atoms with Gasteiger partial charge in [-0.3, -0.25) is 4.90 Å². The molecule has 0 radical (unpaired) electrons. The van der Waals surface area contributed by atoms with Crippen LogP contribution in [0.2, 0.25) is 0 Å². The Labute approximate surface area is 102 Å². The molecule has 92 valence electrons. The number of piperidine rings is 1. The number of nitrogens with zero attached hydrogens (tertiary/aromatic N) is 1. The lowest BCUT2D eigenvalue weighted by atomic mass is 10.1. The van der Waals surface area contributed by atoms with Crippen molar-refractivity contribution in [1.29, 1.82) is 0 Å². The minimum absolute atomic E-state index is 0.215. The molecule has 0 saturated carbocycles. The molecule has 1 saturated heterocycles. The molecule has 0 atom stereocenters. The Hall–Kier alpha value is -0.640. The van der Waals surface area contributed by atoms with Gasteiger partial charge in [0.25, 0.3) is 0 Å². The van der Waals surface area contributed by atoms with E-state index in [4.69, 9.17) is 4.74 Å². The molecule has 3 nitrogen and oxygen atoms in total. The van der Waals surface area contributed by atoms with Crippen molar-refractivity contribution in [2.24, 2.45) is 0 Å². The molecular weight excluding hydrogens is 222 g/mol. The van der Waals surface area contributed by atoms with Crippen LogP contribution in [0.1, 0.15) is 40.0 Å². The third-order valence-electron chi connectivity index (χ3n) is 2.28. The van der Waals surface area contributed by atoms with Crippen molar-refractivity contribution < 1.29 is 9.53 Å². The Kier molecular flexibility index (Phi) is 4.71. The minimum atomic E-state index is -0.418. The number of allylic oxidation sites excluding steroid dienone is 1. The van der Waals surface area contributed by atoms with Gasteiger partial charge in [0.05, 0.1) is 0 Å². The Balaban J connectivity index is 2.68. The van der Waals surface area contributed by atoms with Gasteiger partial charge in [-0.2, -0.15) is 0 Å². The normalized spacial score (nSPS) is 20.0. The van der Waals surface area contributed by atoms with Gasteiger partial charge in [-0.15, -0.1) is 11.8 Å². The summed E-state index contributed by atoms with van der Waals surface area (Å²) in [5.41, 5.74) is 0.673. The van der Waals surface area contributed by atoms with Crippen LogP contribution >= 0.6 is 11.8 Å². The number of thioether (sulfide) groups is 1. The highest BCUT2D eigenvalue weighted by molar-refractivity contribution is 8.01. The van der Waals surface area contributed by atoms with E-state index in [1.807, 2.05) is 32.4 Å². The molecule has 0 spiro atoms. The number of carbonyl (C=O) groups excluding carboxylic acids is 1. The van der Waals surface area contributed by atoms with Crippen LogP contribution in [0.5, 0.6) is 0 Å². The second-order valence-corrected chi connectivity index (χ2v) is 5.64. The maximum absolute atomic E-state index is 12.0. The van der Waals surface area contributed by atoms with Crippen LogP contribution in [0, 0.1) is 0 Å². The van der Waals surface area contributed by atoms with Gasteiger partial charge in [0.15, 0.2) is 0 Å². The van der Waals surface area contributed by atoms with E-state index in [0.29, 0.717) is 0 Å². The van der Waals surface area contributed by atoms with Crippen molar-refractivity contribution in [3.05, 3.63) is 11.1 Å². The van der Waals surface area contributed by atoms with E-state index in [1.165, 1.54) is 0 Å². The van der Waals surface area contributed by atoms with Gasteiger partial charge in [0.1, 0.15) is 5.60 Å². The van der Waals surface area contributed by atoms with Crippen LogP contribution in [0.25, 0.3) is 0 Å². The molecular formula is C12H21NO2S. The van der Waals surface area contributed by atoms with Crippen LogP contribution in [0.15, 0.2) is 11.1 Å². The second kappa shape index (κ2) is 5.62. The predicted octanol–water partition coefficient (Wildman–Crippen LogP) is 3.61. The highest BCUT2D eigenvalue weighted by Crippen LogP contribution is 2.24. The van der Waals surface area contributed by atoms with Gasteiger partial charge < -0.3 is 4.74 Å². The number of ether oxygens (including phenoxy) is 1. The van der Waals surface area contributed by atoms with Crippen molar-refractivity contribution in [1.82, 2.24) is 4.90 Å². The van der Waals surface area contributed by atoms with Gasteiger partial charge in [0.2, 0.25) is 0 Å². The van der Waals surface area contributed by atoms with Gasteiger partial charge in [-0.1, -0.05) is 0 Å². The molecule has 1 amide bonds. The molecule has 1 rings (SSSR count). The Morgan fingerprint density at radius 2 is 2.12 bits per heavy atom. The van der Waals surface area contributed by atoms with E-state index in [1.54, 1.807) is 16.7 Å². The summed E-state index contributed by atoms with van der Waals surface area (Å²) >= 11 is 1.64. The number of rotatable bonds is 1. The number of likely N-dealkylation sites (tertiary alicyclic amines) is 1. The molecule has 0 aromatic rings. The molecule has 1 fully saturated rings. The average Bonchev–Trinajstić information content (AvgIpc) is 2.16. The zero-order valence-corrected chi connectivity index (χ0v) is 11.4. The van der Waals surface area contributed by atoms with Crippen LogP contribution in [-0.4, -0.2) is 29.4 Å². The summed E-state index contributed by atoms with van der Waals surface area (Å²) in [5, 5.41) is 2.04. The van der Waals surface area contributed by atoms with Crippen LogP contribution in [0.3, 0.4) is 0 Å². The topological polar surface area (TPSA) is 29.5 Å². The van der Waals surface area contributed by atoms with Crippen LogP contribution < -0.4 is 0 Å². The monoisotopic (exact) mass is 243 g/mol. The standard InChI is InChI=1S/C12H21NO2S/c1-12(2,3)15-11(14)13-8-6-5-7-10(13)9-16-4/h9H,5-8H2,1-4H3. The third-order valence-corrected chi connectivity index (χ3v) is 2.79. The predicted molar refractivity (Wildman–Crippen MR) is 68.4 cm³/mol. The first-order valence-electron chi connectivity index (χ1n) is 5.66. The van der Waals surface area contributed by atoms with Crippen molar-refractivity contribution >= 4 is 17.9 Å². The Morgan fingerprint density at radius 1 is 1.44 bits per heavy atom. The summed E-state index contributed by atoms with van der Waals surface area (Å²) in [6.45, 7) is 6.47. The van der Waals surface area contributed by atoms with E-state index in [2.05, 4.69) is 0 Å². The lowest BCUT2D eigenvalue weighted by molar-refractivity contribution is 0.0287. The molecule has 0 unspecified atom stereocenters. The highest BCUT2D eigenvalue weighted by Gasteiger charge is 2.26. The number of hydrogen-bond donors (Lipinski definition) is 0. The first-order chi connectivity index (χ1) is 7.44. The van der Waals surface area contributed by atoms with E-state index in [-0.39, 0.29) is 6.09 Å². The second-order valence-electron chi connectivity index (χ2n) is 4.93. The molecule has 0 aromatic carbocycles. The zero-order valence-electron chi connectivity index (χ0n) is 10.6. The van der Waals surface area contributed by atoms with E-state index in [0.717, 1.165) is 31.5 Å². The minimum Gasteiger partial charge on any atom is -0.443 e. The van der Waals surface area contributed by atoms with Crippen molar-refractivity contribution in [3.63, 3.8) is 0 Å². The first-order valence-corrected chi connectivity index (χ1v) is 6.95. The largest absolute Gasteiger partial charge is 0.443 e. The molecule has 16 heavy (non-hydrogen) atoms. The van der Waals surface area contributed by atoms with Crippen molar-refractivity contribution in [2.45, 2.75) is 45.6 Å². The maximum atomic E-state index is 12.0. The molecule has 4 heteroatoms. The molecule has 0 bridgehead atoms. The van der Waals surface area contributed by atoms with Gasteiger partial charge in [-0.25, -0.2) is 4.79 Å². The number of carbonyl (C=O) groups is 1. The molecule has 1 heterocycles. The van der Waals surface area contributed by atoms with Gasteiger partial charge in [-0.05, 0) is 51.7 Å². The fraction of sp³-hybridized carbons (Fsp3) is 0.750. The number of hydrogen-bond acceptors (Lipinski definition) is 3. The van der Waals surface area contributed by atoms with Crippen LogP contribution in [0.4, 0.5) is 4.79 Å². The van der Waals surface area contributed by atoms with E-state index in [9.17, 15) is 4.79 Å². The molecule has 0 aliphatic carbocycles. The number of amides is 1. The van der Waals surface area contributed by atoms with Crippen molar-refractivity contribution in [2.75, 3.05) is 12.8 Å². The maximum Gasteiger partial charge on any atom is 0.414 e. The first kappa shape index (κ1) is 13.4. The summed E-state index contributed by atoms with van der Waals surface area (Å²) in [4.78, 5) is 13.7. The van der Waals surface area contributed by atoms with Crippen LogP contribution in [-0.2, 0) is 4.74 Å². The smallest absolute Gasteiger partial charge is 0.414 e. The van der Waals surface area contributed by atoms with E-state index < -0.39 is 5.60 Å². The molecule has 1 aliphatic rings. The fourth-order valence-corrected chi connectivity index (χ4v) is 2.16. The van der Waals surface area contributed by atoms with Gasteiger partial charge in [0, 0.05) is 12.2 Å². The Morgan fingerprint density at radius 3 is 2.69 bits per heavy atom. The summed E-state index contributed by atoms with van der Waals surface area (Å²) in [6, 6.07) is 0. The average molecular weight is 243 g/mol. The van der Waals surface area contributed by atoms with Gasteiger partial charge >= 0.3 is 6.09 Å². The summed E-state index contributed by atoms with van der Waals surface area (Å²) in [7, 11) is 0. The lowest BCUT2D eigenvalue weighted by Gasteiger charge is -2.31. The quantitative estimate of drug-likeness (QED) is 0.704. The highest BCUT2D eigenvalue weighted by atomic mass is 32.2. The summed E-state index contributed by atoms with van der Waals surface area (Å²) in [6.07, 6.45) is 4.98. The molecule has 0 N–H and O–H groups in total. The lowest BCUT2D eigenvalue weighted by Crippen LogP contribution is -2.38. The fourth-order valence-electron chi connectivity index (χ4n) is 1.64. The third kappa shape index (κ3) is 4.08. The van der Waals surface area contributed by atoms with Crippen molar-refractivity contribution in [3.8, 4) is 0 Å².